The Morgan fingerprint density at radius 3 is 2.47 bits per heavy atom. The first-order chi connectivity index (χ1) is 24.6. The summed E-state index contributed by atoms with van der Waals surface area (Å²) in [6, 6.07) is 2.81. The average Bonchev–Trinajstić information content (AvgIpc) is 3.79. The maximum atomic E-state index is 13.1. The molecule has 2 aliphatic rings. The molecule has 0 spiro atoms. The molecule has 1 aromatic carbocycles. The second-order valence-electron chi connectivity index (χ2n) is 14.9. The number of hydrogen-bond donors (Lipinski definition) is 3. The zero-order valence-corrected chi connectivity index (χ0v) is 34.2. The van der Waals surface area contributed by atoms with Crippen LogP contribution >= 0.6 is 24.2 Å². The molecule has 8 atom stereocenters. The number of ether oxygens (including phenoxy) is 5. The third-order valence-electron chi connectivity index (χ3n) is 10.1. The number of esters is 1. The standard InChI is InChI=1S/C38H56ClN3O10S/c1-22(17-26-18-27(41(8)21-43)32(39)28(19-26)48-10)13-12-14-30(49-11)38(47)20-29(51-35(46)40-38)23(2)33-37(7,52-33)25(4)50-34(45)24(3)42(9)31(44)15-16-36(5,6)53/h12-14,18-19,21,23-25,29-30,33,47,53H,15-17,20H2,1-11H3,(H,40,46)/b14-12+,22-13+. The predicted octanol–water partition coefficient (Wildman–Crippen LogP) is 5.25. The molecular weight excluding hydrogens is 726 g/mol. The quantitative estimate of drug-likeness (QED) is 0.0592. The van der Waals surface area contributed by atoms with Gasteiger partial charge in [-0.1, -0.05) is 56.2 Å². The molecule has 0 bridgehead atoms. The predicted molar refractivity (Wildman–Crippen MR) is 205 cm³/mol. The Kier molecular flexibility index (Phi) is 14.9. The van der Waals surface area contributed by atoms with Gasteiger partial charge in [-0.25, -0.2) is 9.59 Å². The highest BCUT2D eigenvalue weighted by atomic mass is 35.5. The number of anilines is 1. The number of cyclic esters (lactones) is 1. The molecular formula is C38H56ClN3O10S. The van der Waals surface area contributed by atoms with Crippen LogP contribution in [0.1, 0.15) is 73.3 Å². The van der Waals surface area contributed by atoms with Crippen molar-refractivity contribution in [2.24, 2.45) is 5.92 Å². The van der Waals surface area contributed by atoms with Crippen LogP contribution in [0.2, 0.25) is 5.02 Å². The van der Waals surface area contributed by atoms with Gasteiger partial charge in [0.2, 0.25) is 12.3 Å². The molecule has 13 nitrogen and oxygen atoms in total. The van der Waals surface area contributed by atoms with E-state index in [1.807, 2.05) is 46.8 Å². The highest BCUT2D eigenvalue weighted by molar-refractivity contribution is 7.81. The van der Waals surface area contributed by atoms with Gasteiger partial charge in [0.25, 0.3) is 0 Å². The van der Waals surface area contributed by atoms with Crippen LogP contribution in [0.25, 0.3) is 0 Å². The largest absolute Gasteiger partial charge is 0.495 e. The number of nitrogens with zero attached hydrogens (tertiary/aromatic N) is 2. The number of nitrogens with one attached hydrogen (secondary N) is 1. The van der Waals surface area contributed by atoms with Crippen LogP contribution in [0.4, 0.5) is 10.5 Å². The first-order valence-electron chi connectivity index (χ1n) is 17.6. The number of likely N-dealkylation sites (N-methyl/N-ethyl adjacent to an activating group) is 1. The van der Waals surface area contributed by atoms with Crippen molar-refractivity contribution in [1.29, 1.82) is 0 Å². The summed E-state index contributed by atoms with van der Waals surface area (Å²) in [7, 11) is 6.11. The monoisotopic (exact) mass is 781 g/mol. The lowest BCUT2D eigenvalue weighted by Crippen LogP contribution is -2.63. The Bertz CT molecular complexity index is 1570. The van der Waals surface area contributed by atoms with Crippen LogP contribution in [0, 0.1) is 5.92 Å². The van der Waals surface area contributed by atoms with Crippen molar-refractivity contribution in [3.05, 3.63) is 46.5 Å². The van der Waals surface area contributed by atoms with E-state index in [4.69, 9.17) is 35.3 Å². The van der Waals surface area contributed by atoms with E-state index < -0.39 is 59.8 Å². The summed E-state index contributed by atoms with van der Waals surface area (Å²) in [4.78, 5) is 52.6. The number of carbonyl (C=O) groups excluding carboxylic acids is 4. The van der Waals surface area contributed by atoms with Crippen molar-refractivity contribution in [2.75, 3.05) is 33.2 Å². The van der Waals surface area contributed by atoms with Crippen LogP contribution in [0.3, 0.4) is 0 Å². The summed E-state index contributed by atoms with van der Waals surface area (Å²) in [5, 5.41) is 14.5. The van der Waals surface area contributed by atoms with Crippen LogP contribution in [-0.2, 0) is 39.8 Å². The number of alkyl carbamates (subject to hydrolysis) is 1. The molecule has 8 unspecified atom stereocenters. The van der Waals surface area contributed by atoms with Gasteiger partial charge < -0.3 is 38.6 Å². The summed E-state index contributed by atoms with van der Waals surface area (Å²) in [5.74, 6) is -0.697. The molecule has 2 heterocycles. The smallest absolute Gasteiger partial charge is 0.409 e. The number of benzene rings is 1. The maximum absolute atomic E-state index is 13.1. The van der Waals surface area contributed by atoms with Gasteiger partial charge in [-0.15, -0.1) is 0 Å². The van der Waals surface area contributed by atoms with E-state index in [0.29, 0.717) is 35.7 Å². The third-order valence-corrected chi connectivity index (χ3v) is 10.7. The number of hydrogen-bond acceptors (Lipinski definition) is 11. The zero-order chi connectivity index (χ0) is 40.1. The lowest BCUT2D eigenvalue weighted by atomic mass is 9.84. The molecule has 0 radical (unpaired) electrons. The zero-order valence-electron chi connectivity index (χ0n) is 32.6. The van der Waals surface area contributed by atoms with Gasteiger partial charge >= 0.3 is 12.1 Å². The molecule has 3 amide bonds. The van der Waals surface area contributed by atoms with Gasteiger partial charge in [0.1, 0.15) is 40.7 Å². The summed E-state index contributed by atoms with van der Waals surface area (Å²) in [6.07, 6.45) is 3.55. The van der Waals surface area contributed by atoms with Crippen LogP contribution < -0.4 is 15.0 Å². The van der Waals surface area contributed by atoms with Crippen molar-refractivity contribution >= 4 is 54.3 Å². The van der Waals surface area contributed by atoms with Crippen LogP contribution in [0.5, 0.6) is 5.75 Å². The van der Waals surface area contributed by atoms with E-state index in [2.05, 4.69) is 17.9 Å². The minimum absolute atomic E-state index is 0.0137. The number of rotatable bonds is 18. The number of allylic oxidation sites excluding steroid dienone is 3. The summed E-state index contributed by atoms with van der Waals surface area (Å²) in [6.45, 7) is 12.8. The molecule has 2 aliphatic heterocycles. The topological polar surface area (TPSA) is 156 Å². The minimum Gasteiger partial charge on any atom is -0.495 e. The minimum atomic E-state index is -1.81. The molecule has 0 aromatic heterocycles. The number of halogens is 1. The van der Waals surface area contributed by atoms with Gasteiger partial charge in [-0.2, -0.15) is 12.6 Å². The molecule has 53 heavy (non-hydrogen) atoms. The molecule has 2 N–H and O–H groups in total. The normalized spacial score (nSPS) is 25.4. The fourth-order valence-electron chi connectivity index (χ4n) is 6.30. The highest BCUT2D eigenvalue weighted by Gasteiger charge is 2.63. The van der Waals surface area contributed by atoms with Gasteiger partial charge in [0.05, 0.1) is 18.9 Å². The Morgan fingerprint density at radius 1 is 1.23 bits per heavy atom. The van der Waals surface area contributed by atoms with Gasteiger partial charge in [-0.05, 0) is 58.2 Å². The summed E-state index contributed by atoms with van der Waals surface area (Å²) in [5.41, 5.74) is -0.365. The van der Waals surface area contributed by atoms with Gasteiger partial charge in [-0.3, -0.25) is 14.9 Å². The second-order valence-corrected chi connectivity index (χ2v) is 16.5. The SMILES string of the molecule is COc1cc(C/C(C)=C/C=C/C(OC)C2(O)CC(C(C)C3OC3(C)C(C)OC(=O)C(C)N(C)C(=O)CCC(C)(C)S)OC(=O)N2)cc(N(C)C=O)c1Cl. The highest BCUT2D eigenvalue weighted by Crippen LogP contribution is 2.48. The Labute approximate surface area is 323 Å². The molecule has 15 heteroatoms. The first-order valence-corrected chi connectivity index (χ1v) is 18.4. The average molecular weight is 782 g/mol. The van der Waals surface area contributed by atoms with E-state index in [0.717, 1.165) is 11.1 Å². The molecule has 296 valence electrons. The molecule has 0 saturated carbocycles. The molecule has 3 rings (SSSR count). The number of amides is 3. The number of thiol groups is 1. The number of methoxy groups -OCH3 is 2. The number of epoxide rings is 1. The number of aliphatic hydroxyl groups is 1. The first kappa shape index (κ1) is 44.1. The van der Waals surface area contributed by atoms with Gasteiger partial charge in [0, 0.05) is 44.7 Å². The Balaban J connectivity index is 1.65. The molecule has 2 fully saturated rings. The van der Waals surface area contributed by atoms with E-state index in [9.17, 15) is 24.3 Å². The van der Waals surface area contributed by atoms with Gasteiger partial charge in [0.15, 0.2) is 5.72 Å². The Morgan fingerprint density at radius 2 is 1.89 bits per heavy atom. The fourth-order valence-corrected chi connectivity index (χ4v) is 6.74. The fraction of sp³-hybridized carbons (Fsp3) is 0.632. The van der Waals surface area contributed by atoms with Crippen molar-refractivity contribution < 1.29 is 48.0 Å². The Hall–Kier alpha value is -3.30. The van der Waals surface area contributed by atoms with Crippen molar-refractivity contribution in [3.8, 4) is 5.75 Å². The third kappa shape index (κ3) is 11.1. The summed E-state index contributed by atoms with van der Waals surface area (Å²) >= 11 is 10.9. The van der Waals surface area contributed by atoms with E-state index in [1.54, 1.807) is 46.2 Å². The lowest BCUT2D eigenvalue weighted by Gasteiger charge is -2.42. The van der Waals surface area contributed by atoms with E-state index in [1.165, 1.54) is 24.0 Å². The maximum Gasteiger partial charge on any atom is 0.409 e. The lowest BCUT2D eigenvalue weighted by molar-refractivity contribution is -0.160. The summed E-state index contributed by atoms with van der Waals surface area (Å²) < 4.78 is 28.2. The van der Waals surface area contributed by atoms with Crippen molar-refractivity contribution in [1.82, 2.24) is 10.2 Å². The van der Waals surface area contributed by atoms with Crippen LogP contribution in [0.15, 0.2) is 35.9 Å². The second kappa shape index (κ2) is 17.9. The van der Waals surface area contributed by atoms with Crippen molar-refractivity contribution in [2.45, 2.75) is 121 Å². The van der Waals surface area contributed by atoms with Crippen molar-refractivity contribution in [3.63, 3.8) is 0 Å². The number of carbonyl (C=O) groups is 4. The molecule has 0 aliphatic carbocycles. The molecule has 1 aromatic rings. The van der Waals surface area contributed by atoms with E-state index in [-0.39, 0.29) is 23.5 Å². The molecule has 2 saturated heterocycles. The van der Waals surface area contributed by atoms with E-state index >= 15 is 0 Å². The van der Waals surface area contributed by atoms with Crippen LogP contribution in [-0.4, -0.2) is 109 Å².